The summed E-state index contributed by atoms with van der Waals surface area (Å²) in [6.45, 7) is 0.144. The maximum atomic E-state index is 13.4. The molecule has 0 saturated heterocycles. The van der Waals surface area contributed by atoms with Crippen LogP contribution in [0.25, 0.3) is 10.6 Å². The molecule has 162 valence electrons. The lowest BCUT2D eigenvalue weighted by atomic mass is 10.2. The van der Waals surface area contributed by atoms with E-state index in [1.54, 1.807) is 41.8 Å². The molecular formula is C24H17F3N2O2S. The first-order chi connectivity index (χ1) is 15.5. The Morgan fingerprint density at radius 2 is 1.66 bits per heavy atom. The van der Waals surface area contributed by atoms with E-state index in [1.807, 2.05) is 0 Å². The lowest BCUT2D eigenvalue weighted by Gasteiger charge is -2.10. The van der Waals surface area contributed by atoms with E-state index < -0.39 is 11.6 Å². The number of aromatic nitrogens is 1. The van der Waals surface area contributed by atoms with Crippen LogP contribution in [0.15, 0.2) is 72.1 Å². The standard InChI is InChI=1S/C24H17F3N2O2S/c25-17-5-3-4-15(8-17)12-28-23(30)21-14-32-24(29-21)20-6-1-2-7-22(20)31-13-16-9-18(26)11-19(27)10-16/h1-11,14H,12-13H2,(H,28,30). The zero-order valence-electron chi connectivity index (χ0n) is 16.6. The number of rotatable bonds is 7. The van der Waals surface area contributed by atoms with E-state index in [-0.39, 0.29) is 30.6 Å². The predicted molar refractivity (Wildman–Crippen MR) is 116 cm³/mol. The minimum atomic E-state index is -0.675. The van der Waals surface area contributed by atoms with Gasteiger partial charge in [0, 0.05) is 18.0 Å². The van der Waals surface area contributed by atoms with Crippen LogP contribution >= 0.6 is 11.3 Å². The lowest BCUT2D eigenvalue weighted by Crippen LogP contribution is -2.23. The number of carbonyl (C=O) groups excluding carboxylic acids is 1. The topological polar surface area (TPSA) is 51.2 Å². The number of hydrogen-bond donors (Lipinski definition) is 1. The summed E-state index contributed by atoms with van der Waals surface area (Å²) in [5.74, 6) is -1.63. The number of halogens is 3. The Morgan fingerprint density at radius 3 is 2.44 bits per heavy atom. The molecule has 1 N–H and O–H groups in total. The maximum Gasteiger partial charge on any atom is 0.271 e. The smallest absolute Gasteiger partial charge is 0.271 e. The van der Waals surface area contributed by atoms with Crippen LogP contribution in [0, 0.1) is 17.5 Å². The summed E-state index contributed by atoms with van der Waals surface area (Å²) < 4.78 is 45.9. The SMILES string of the molecule is O=C(NCc1cccc(F)c1)c1csc(-c2ccccc2OCc2cc(F)cc(F)c2)n1. The van der Waals surface area contributed by atoms with Crippen LogP contribution in [-0.2, 0) is 13.2 Å². The van der Waals surface area contributed by atoms with Crippen molar-refractivity contribution < 1.29 is 22.7 Å². The molecule has 4 aromatic rings. The summed E-state index contributed by atoms with van der Waals surface area (Å²) in [7, 11) is 0. The van der Waals surface area contributed by atoms with Crippen molar-refractivity contribution in [3.63, 3.8) is 0 Å². The summed E-state index contributed by atoms with van der Waals surface area (Å²) in [6.07, 6.45) is 0. The van der Waals surface area contributed by atoms with Crippen molar-refractivity contribution >= 4 is 17.2 Å². The number of hydrogen-bond acceptors (Lipinski definition) is 4. The van der Waals surface area contributed by atoms with Crippen molar-refractivity contribution in [1.82, 2.24) is 10.3 Å². The number of nitrogens with one attached hydrogen (secondary N) is 1. The van der Waals surface area contributed by atoms with Gasteiger partial charge in [0.1, 0.15) is 40.5 Å². The van der Waals surface area contributed by atoms with Gasteiger partial charge in [-0.15, -0.1) is 11.3 Å². The highest BCUT2D eigenvalue weighted by Gasteiger charge is 2.15. The van der Waals surface area contributed by atoms with Crippen LogP contribution in [0.3, 0.4) is 0 Å². The zero-order valence-corrected chi connectivity index (χ0v) is 17.5. The molecule has 1 aromatic heterocycles. The molecule has 0 radical (unpaired) electrons. The molecule has 8 heteroatoms. The molecular weight excluding hydrogens is 437 g/mol. The van der Waals surface area contributed by atoms with E-state index >= 15 is 0 Å². The Hall–Kier alpha value is -3.65. The molecule has 0 aliphatic carbocycles. The van der Waals surface area contributed by atoms with E-state index in [4.69, 9.17) is 4.74 Å². The Labute approximate surface area is 186 Å². The molecule has 32 heavy (non-hydrogen) atoms. The summed E-state index contributed by atoms with van der Waals surface area (Å²) in [5.41, 5.74) is 1.87. The second kappa shape index (κ2) is 9.65. The molecule has 4 rings (SSSR count). The molecule has 1 amide bonds. The second-order valence-electron chi connectivity index (χ2n) is 6.91. The third-order valence-electron chi connectivity index (χ3n) is 4.51. The minimum absolute atomic E-state index is 0.0297. The molecule has 0 saturated carbocycles. The number of ether oxygens (including phenoxy) is 1. The van der Waals surface area contributed by atoms with E-state index in [0.29, 0.717) is 27.4 Å². The predicted octanol–water partition coefficient (Wildman–Crippen LogP) is 5.74. The number of benzene rings is 3. The van der Waals surface area contributed by atoms with Gasteiger partial charge in [-0.25, -0.2) is 18.2 Å². The molecule has 0 fully saturated rings. The Balaban J connectivity index is 1.46. The largest absolute Gasteiger partial charge is 0.488 e. The fourth-order valence-corrected chi connectivity index (χ4v) is 3.88. The highest BCUT2D eigenvalue weighted by atomic mass is 32.1. The molecule has 1 heterocycles. The normalized spacial score (nSPS) is 10.7. The summed E-state index contributed by atoms with van der Waals surface area (Å²) in [4.78, 5) is 16.8. The highest BCUT2D eigenvalue weighted by molar-refractivity contribution is 7.13. The van der Waals surface area contributed by atoms with Gasteiger partial charge >= 0.3 is 0 Å². The molecule has 0 spiro atoms. The average Bonchev–Trinajstić information content (AvgIpc) is 3.26. The number of thiazole rings is 1. The Kier molecular flexibility index (Phi) is 6.51. The van der Waals surface area contributed by atoms with Crippen molar-refractivity contribution in [2.24, 2.45) is 0 Å². The van der Waals surface area contributed by atoms with Crippen molar-refractivity contribution in [2.45, 2.75) is 13.2 Å². The summed E-state index contributed by atoms with van der Waals surface area (Å²) >= 11 is 1.26. The first-order valence-corrected chi connectivity index (χ1v) is 10.5. The molecule has 0 aliphatic rings. The quantitative estimate of drug-likeness (QED) is 0.388. The fourth-order valence-electron chi connectivity index (χ4n) is 3.05. The van der Waals surface area contributed by atoms with Gasteiger partial charge < -0.3 is 10.1 Å². The van der Waals surface area contributed by atoms with Gasteiger partial charge in [-0.05, 0) is 47.5 Å². The van der Waals surface area contributed by atoms with Gasteiger partial charge in [-0.2, -0.15) is 0 Å². The summed E-state index contributed by atoms with van der Waals surface area (Å²) in [6, 6.07) is 16.3. The molecule has 0 aliphatic heterocycles. The van der Waals surface area contributed by atoms with Crippen molar-refractivity contribution in [1.29, 1.82) is 0 Å². The third kappa shape index (κ3) is 5.33. The molecule has 0 bridgehead atoms. The van der Waals surface area contributed by atoms with Crippen LogP contribution in [0.1, 0.15) is 21.6 Å². The van der Waals surface area contributed by atoms with E-state index in [2.05, 4.69) is 10.3 Å². The number of carbonyl (C=O) groups is 1. The van der Waals surface area contributed by atoms with Crippen LogP contribution in [-0.4, -0.2) is 10.9 Å². The Morgan fingerprint density at radius 1 is 0.906 bits per heavy atom. The van der Waals surface area contributed by atoms with Crippen molar-refractivity contribution in [2.75, 3.05) is 0 Å². The number of nitrogens with zero attached hydrogens (tertiary/aromatic N) is 1. The van der Waals surface area contributed by atoms with E-state index in [0.717, 1.165) is 6.07 Å². The first kappa shape index (κ1) is 21.6. The van der Waals surface area contributed by atoms with Crippen molar-refractivity contribution in [3.8, 4) is 16.3 Å². The van der Waals surface area contributed by atoms with Gasteiger partial charge in [0.05, 0.1) is 5.56 Å². The van der Waals surface area contributed by atoms with E-state index in [9.17, 15) is 18.0 Å². The van der Waals surface area contributed by atoms with Crippen molar-refractivity contribution in [3.05, 3.63) is 106 Å². The highest BCUT2D eigenvalue weighted by Crippen LogP contribution is 2.32. The lowest BCUT2D eigenvalue weighted by molar-refractivity contribution is 0.0946. The van der Waals surface area contributed by atoms with Gasteiger partial charge in [-0.1, -0.05) is 24.3 Å². The van der Waals surface area contributed by atoms with Crippen LogP contribution in [0.5, 0.6) is 5.75 Å². The molecule has 0 unspecified atom stereocenters. The third-order valence-corrected chi connectivity index (χ3v) is 5.39. The van der Waals surface area contributed by atoms with Gasteiger partial charge in [0.25, 0.3) is 5.91 Å². The van der Waals surface area contributed by atoms with Crippen LogP contribution in [0.2, 0.25) is 0 Å². The monoisotopic (exact) mass is 454 g/mol. The summed E-state index contributed by atoms with van der Waals surface area (Å²) in [5, 5.41) is 4.89. The van der Waals surface area contributed by atoms with Crippen LogP contribution in [0.4, 0.5) is 13.2 Å². The van der Waals surface area contributed by atoms with Gasteiger partial charge in [0.2, 0.25) is 0 Å². The van der Waals surface area contributed by atoms with Gasteiger partial charge in [-0.3, -0.25) is 4.79 Å². The Bertz CT molecular complexity index is 1240. The number of para-hydroxylation sites is 1. The average molecular weight is 454 g/mol. The van der Waals surface area contributed by atoms with Gasteiger partial charge in [0.15, 0.2) is 0 Å². The maximum absolute atomic E-state index is 13.4. The fraction of sp³-hybridized carbons (Fsp3) is 0.0833. The molecule has 3 aromatic carbocycles. The van der Waals surface area contributed by atoms with Crippen LogP contribution < -0.4 is 10.1 Å². The molecule has 4 nitrogen and oxygen atoms in total. The number of amides is 1. The first-order valence-electron chi connectivity index (χ1n) is 9.63. The second-order valence-corrected chi connectivity index (χ2v) is 7.77. The van der Waals surface area contributed by atoms with E-state index in [1.165, 1.54) is 35.6 Å². The minimum Gasteiger partial charge on any atom is -0.488 e. The molecule has 0 atom stereocenters. The zero-order chi connectivity index (χ0) is 22.5.